The number of nitrogens with two attached hydrogens (primary N) is 2. The highest BCUT2D eigenvalue weighted by Crippen LogP contribution is 2.27. The first-order valence-corrected chi connectivity index (χ1v) is 10.2. The van der Waals surface area contributed by atoms with E-state index in [2.05, 4.69) is 48.2 Å². The number of aryl methyl sites for hydroxylation is 1. The van der Waals surface area contributed by atoms with Crippen molar-refractivity contribution < 1.29 is 9.47 Å². The number of anilines is 1. The first-order valence-electron chi connectivity index (χ1n) is 10.2. The summed E-state index contributed by atoms with van der Waals surface area (Å²) in [7, 11) is 0. The highest BCUT2D eigenvalue weighted by Gasteiger charge is 2.22. The van der Waals surface area contributed by atoms with Gasteiger partial charge >= 0.3 is 0 Å². The molecule has 0 fully saturated rings. The maximum atomic E-state index is 5.82. The Morgan fingerprint density at radius 1 is 1.31 bits per heavy atom. The Balaban J connectivity index is 1.70. The molecule has 3 atom stereocenters. The molecule has 29 heavy (non-hydrogen) atoms. The molecule has 1 aliphatic heterocycles. The molecule has 158 valence electrons. The van der Waals surface area contributed by atoms with Crippen LogP contribution in [0.15, 0.2) is 66.7 Å². The Morgan fingerprint density at radius 2 is 2.10 bits per heavy atom. The van der Waals surface area contributed by atoms with Crippen LogP contribution in [0.1, 0.15) is 31.7 Å². The zero-order chi connectivity index (χ0) is 20.9. The molecule has 0 saturated carbocycles. The van der Waals surface area contributed by atoms with E-state index in [-0.39, 0.29) is 5.92 Å². The van der Waals surface area contributed by atoms with Gasteiger partial charge in [0.25, 0.3) is 0 Å². The molecule has 1 aliphatic rings. The fourth-order valence-electron chi connectivity index (χ4n) is 3.17. The molecule has 0 spiro atoms. The normalized spacial score (nSPS) is 20.7. The maximum absolute atomic E-state index is 5.82. The third-order valence-electron chi connectivity index (χ3n) is 5.15. The van der Waals surface area contributed by atoms with Crippen LogP contribution in [0.25, 0.3) is 0 Å². The molecule has 1 heterocycles. The van der Waals surface area contributed by atoms with Crippen LogP contribution in [-0.4, -0.2) is 25.1 Å². The van der Waals surface area contributed by atoms with Gasteiger partial charge in [-0.25, -0.2) is 0 Å². The summed E-state index contributed by atoms with van der Waals surface area (Å²) in [6, 6.07) is 8.83. The SMILES string of the molecule is C=CC(C/C=C/OC[C@@H]1Nc2ccccc2CCC1C)CO/C=C/C/C(N)=N/N. The van der Waals surface area contributed by atoms with Crippen molar-refractivity contribution >= 4 is 11.5 Å². The van der Waals surface area contributed by atoms with E-state index in [1.165, 1.54) is 11.3 Å². The number of rotatable bonds is 11. The summed E-state index contributed by atoms with van der Waals surface area (Å²) in [4.78, 5) is 0. The van der Waals surface area contributed by atoms with Crippen molar-refractivity contribution in [1.82, 2.24) is 0 Å². The van der Waals surface area contributed by atoms with Crippen molar-refractivity contribution in [3.63, 3.8) is 0 Å². The van der Waals surface area contributed by atoms with Gasteiger partial charge in [0.2, 0.25) is 0 Å². The quantitative estimate of drug-likeness (QED) is 0.131. The number of ether oxygens (including phenoxy) is 2. The van der Waals surface area contributed by atoms with Crippen LogP contribution in [-0.2, 0) is 15.9 Å². The van der Waals surface area contributed by atoms with Crippen LogP contribution in [0.3, 0.4) is 0 Å². The van der Waals surface area contributed by atoms with Crippen LogP contribution in [0.5, 0.6) is 0 Å². The molecule has 2 unspecified atom stereocenters. The molecule has 2 rings (SSSR count). The van der Waals surface area contributed by atoms with E-state index in [4.69, 9.17) is 21.1 Å². The minimum Gasteiger partial charge on any atom is -0.501 e. The summed E-state index contributed by atoms with van der Waals surface area (Å²) < 4.78 is 11.3. The average Bonchev–Trinajstić information content (AvgIpc) is 2.90. The third-order valence-corrected chi connectivity index (χ3v) is 5.15. The standard InChI is InChI=1S/C23H34N4O2/c1-3-19(16-28-15-7-11-23(24)27-25)8-6-14-29-17-22-18(2)12-13-20-9-4-5-10-21(20)26-22/h3-7,9-10,14-15,18-19,22,26H,1,8,11-13,16-17,25H2,2H3,(H2,24,27)/b14-6+,15-7+/t18?,19?,22-/m0/s1. The summed E-state index contributed by atoms with van der Waals surface area (Å²) >= 11 is 0. The average molecular weight is 399 g/mol. The Labute approximate surface area is 174 Å². The molecule has 1 aromatic rings. The molecule has 0 aliphatic carbocycles. The van der Waals surface area contributed by atoms with E-state index in [1.807, 2.05) is 12.2 Å². The van der Waals surface area contributed by atoms with Gasteiger partial charge in [0.1, 0.15) is 12.4 Å². The van der Waals surface area contributed by atoms with Gasteiger partial charge in [-0.2, -0.15) is 5.10 Å². The van der Waals surface area contributed by atoms with Crippen LogP contribution in [0.4, 0.5) is 5.69 Å². The summed E-state index contributed by atoms with van der Waals surface area (Å²) in [6.45, 7) is 7.34. The predicted molar refractivity (Wildman–Crippen MR) is 120 cm³/mol. The lowest BCUT2D eigenvalue weighted by Gasteiger charge is -2.23. The van der Waals surface area contributed by atoms with E-state index in [0.717, 1.165) is 19.3 Å². The van der Waals surface area contributed by atoms with E-state index >= 15 is 0 Å². The van der Waals surface area contributed by atoms with Gasteiger partial charge in [0.05, 0.1) is 25.2 Å². The van der Waals surface area contributed by atoms with Gasteiger partial charge in [-0.15, -0.1) is 6.58 Å². The van der Waals surface area contributed by atoms with Gasteiger partial charge in [-0.3, -0.25) is 0 Å². The first-order chi connectivity index (χ1) is 14.1. The van der Waals surface area contributed by atoms with Gasteiger partial charge in [0, 0.05) is 18.0 Å². The Kier molecular flexibility index (Phi) is 9.69. The topological polar surface area (TPSA) is 94.9 Å². The first kappa shape index (κ1) is 22.4. The predicted octanol–water partition coefficient (Wildman–Crippen LogP) is 3.92. The van der Waals surface area contributed by atoms with Crippen molar-refractivity contribution in [3.05, 3.63) is 67.2 Å². The zero-order valence-electron chi connectivity index (χ0n) is 17.3. The molecule has 5 N–H and O–H groups in total. The summed E-state index contributed by atoms with van der Waals surface area (Å²) in [5.41, 5.74) is 8.12. The lowest BCUT2D eigenvalue weighted by molar-refractivity contribution is 0.203. The largest absolute Gasteiger partial charge is 0.501 e. The van der Waals surface area contributed by atoms with E-state index in [1.54, 1.807) is 18.6 Å². The molecule has 0 bridgehead atoms. The number of benzene rings is 1. The lowest BCUT2D eigenvalue weighted by Crippen LogP contribution is -2.30. The number of amidine groups is 1. The molecule has 6 heteroatoms. The molecular weight excluding hydrogens is 364 g/mol. The molecule has 6 nitrogen and oxygen atoms in total. The highest BCUT2D eigenvalue weighted by molar-refractivity contribution is 5.81. The Hall–Kier alpha value is -2.89. The van der Waals surface area contributed by atoms with E-state index in [0.29, 0.717) is 37.4 Å². The molecule has 0 saturated heterocycles. The highest BCUT2D eigenvalue weighted by atomic mass is 16.5. The van der Waals surface area contributed by atoms with E-state index in [9.17, 15) is 0 Å². The minimum absolute atomic E-state index is 0.210. The molecular formula is C23H34N4O2. The van der Waals surface area contributed by atoms with Gasteiger partial charge in [0.15, 0.2) is 0 Å². The number of nitrogens with zero attached hydrogens (tertiary/aromatic N) is 1. The number of hydrazone groups is 1. The number of fused-ring (bicyclic) bond motifs is 1. The fourth-order valence-corrected chi connectivity index (χ4v) is 3.17. The number of nitrogens with one attached hydrogen (secondary N) is 1. The van der Waals surface area contributed by atoms with Crippen molar-refractivity contribution in [1.29, 1.82) is 0 Å². The minimum atomic E-state index is 0.210. The monoisotopic (exact) mass is 398 g/mol. The zero-order valence-corrected chi connectivity index (χ0v) is 17.3. The van der Waals surface area contributed by atoms with Crippen LogP contribution < -0.4 is 16.9 Å². The Morgan fingerprint density at radius 3 is 2.90 bits per heavy atom. The van der Waals surface area contributed by atoms with Gasteiger partial charge < -0.3 is 26.4 Å². The summed E-state index contributed by atoms with van der Waals surface area (Å²) in [5.74, 6) is 6.20. The summed E-state index contributed by atoms with van der Waals surface area (Å²) in [5, 5.41) is 7.04. The molecule has 0 radical (unpaired) electrons. The van der Waals surface area contributed by atoms with Crippen LogP contribution in [0, 0.1) is 11.8 Å². The molecule has 1 aromatic carbocycles. The number of allylic oxidation sites excluding steroid dienone is 1. The van der Waals surface area contributed by atoms with Gasteiger partial charge in [-0.05, 0) is 49.0 Å². The van der Waals surface area contributed by atoms with Crippen molar-refractivity contribution in [2.45, 2.75) is 38.6 Å². The number of hydrogen-bond acceptors (Lipinski definition) is 5. The second-order valence-electron chi connectivity index (χ2n) is 7.39. The van der Waals surface area contributed by atoms with Gasteiger partial charge in [-0.1, -0.05) is 31.2 Å². The Bertz CT molecular complexity index is 715. The third kappa shape index (κ3) is 7.94. The van der Waals surface area contributed by atoms with Crippen molar-refractivity contribution in [3.8, 4) is 0 Å². The van der Waals surface area contributed by atoms with Crippen molar-refractivity contribution in [2.24, 2.45) is 28.5 Å². The van der Waals surface area contributed by atoms with Crippen LogP contribution >= 0.6 is 0 Å². The maximum Gasteiger partial charge on any atom is 0.123 e. The number of para-hydroxylation sites is 1. The van der Waals surface area contributed by atoms with Crippen LogP contribution in [0.2, 0.25) is 0 Å². The second kappa shape index (κ2) is 12.5. The lowest BCUT2D eigenvalue weighted by atomic mass is 9.97. The second-order valence-corrected chi connectivity index (χ2v) is 7.39. The smallest absolute Gasteiger partial charge is 0.123 e. The fraction of sp³-hybridized carbons (Fsp3) is 0.435. The number of hydrogen-bond donors (Lipinski definition) is 3. The molecule has 0 aromatic heterocycles. The van der Waals surface area contributed by atoms with Crippen molar-refractivity contribution in [2.75, 3.05) is 18.5 Å². The summed E-state index contributed by atoms with van der Waals surface area (Å²) in [6.07, 6.45) is 12.6. The van der Waals surface area contributed by atoms with E-state index < -0.39 is 0 Å². The molecule has 0 amide bonds.